The highest BCUT2D eigenvalue weighted by Gasteiger charge is 1.99. The summed E-state index contributed by atoms with van der Waals surface area (Å²) >= 11 is 0. The van der Waals surface area contributed by atoms with Crippen LogP contribution >= 0.6 is 0 Å². The number of hydrogen-bond donors (Lipinski definition) is 1. The lowest BCUT2D eigenvalue weighted by Gasteiger charge is -2.04. The van der Waals surface area contributed by atoms with Gasteiger partial charge in [-0.15, -0.1) is 0 Å². The normalized spacial score (nSPS) is 11.7. The van der Waals surface area contributed by atoms with E-state index in [1.54, 1.807) is 0 Å². The van der Waals surface area contributed by atoms with Crippen LogP contribution < -0.4 is 0 Å². The van der Waals surface area contributed by atoms with Gasteiger partial charge in [0.05, 0.1) is 0 Å². The zero-order valence-electron chi connectivity index (χ0n) is 8.68. The summed E-state index contributed by atoms with van der Waals surface area (Å²) in [7, 11) is 0. The molecule has 0 aliphatic heterocycles. The van der Waals surface area contributed by atoms with Gasteiger partial charge in [-0.25, -0.2) is 0 Å². The van der Waals surface area contributed by atoms with Crippen LogP contribution in [0.3, 0.4) is 0 Å². The highest BCUT2D eigenvalue weighted by molar-refractivity contribution is 5.66. The van der Waals surface area contributed by atoms with E-state index in [1.165, 1.54) is 5.57 Å². The van der Waals surface area contributed by atoms with Crippen LogP contribution in [0.1, 0.15) is 52.4 Å². The molecule has 0 spiro atoms. The van der Waals surface area contributed by atoms with E-state index in [4.69, 9.17) is 5.11 Å². The minimum Gasteiger partial charge on any atom is -0.481 e. The molecule has 0 unspecified atom stereocenters. The molecule has 0 amide bonds. The van der Waals surface area contributed by atoms with Crippen molar-refractivity contribution in [3.05, 3.63) is 11.6 Å². The molecule has 0 heterocycles. The molecular formula is C11H20O2. The Bertz CT molecular complexity index is 171. The van der Waals surface area contributed by atoms with Crippen molar-refractivity contribution in [1.29, 1.82) is 0 Å². The summed E-state index contributed by atoms with van der Waals surface area (Å²) in [5.74, 6) is -0.688. The molecule has 13 heavy (non-hydrogen) atoms. The number of rotatable bonds is 7. The second kappa shape index (κ2) is 7.84. The first-order valence-electron chi connectivity index (χ1n) is 5.10. The summed E-state index contributed by atoms with van der Waals surface area (Å²) in [5, 5.41) is 8.47. The molecule has 0 aromatic heterocycles. The molecule has 0 bridgehead atoms. The molecule has 2 nitrogen and oxygen atoms in total. The second-order valence-corrected chi connectivity index (χ2v) is 3.27. The molecular weight excluding hydrogens is 164 g/mol. The van der Waals surface area contributed by atoms with E-state index >= 15 is 0 Å². The van der Waals surface area contributed by atoms with E-state index in [1.807, 2.05) is 0 Å². The molecule has 0 fully saturated rings. The van der Waals surface area contributed by atoms with Gasteiger partial charge in [0.1, 0.15) is 0 Å². The lowest BCUT2D eigenvalue weighted by atomic mass is 10.0. The molecule has 1 N–H and O–H groups in total. The standard InChI is InChI=1S/C11H20O2/c1-3-6-10(7-4-2)8-5-9-11(12)13/h6H,3-5,7-9H2,1-2H3,(H,12,13). The van der Waals surface area contributed by atoms with Crippen molar-refractivity contribution in [3.63, 3.8) is 0 Å². The Morgan fingerprint density at radius 3 is 2.38 bits per heavy atom. The summed E-state index contributed by atoms with van der Waals surface area (Å²) in [6.07, 6.45) is 7.58. The van der Waals surface area contributed by atoms with E-state index in [-0.39, 0.29) is 0 Å². The predicted octanol–water partition coefficient (Wildman–Crippen LogP) is 3.38. The quantitative estimate of drug-likeness (QED) is 0.616. The predicted molar refractivity (Wildman–Crippen MR) is 54.8 cm³/mol. The van der Waals surface area contributed by atoms with Crippen LogP contribution in [-0.4, -0.2) is 11.1 Å². The van der Waals surface area contributed by atoms with Gasteiger partial charge < -0.3 is 5.11 Å². The molecule has 0 saturated carbocycles. The van der Waals surface area contributed by atoms with Gasteiger partial charge in [-0.1, -0.05) is 31.9 Å². The Morgan fingerprint density at radius 1 is 1.23 bits per heavy atom. The number of carboxylic acid groups (broad SMARTS) is 1. The molecule has 0 saturated heterocycles. The van der Waals surface area contributed by atoms with Gasteiger partial charge in [0, 0.05) is 6.42 Å². The Morgan fingerprint density at radius 2 is 1.92 bits per heavy atom. The summed E-state index contributed by atoms with van der Waals surface area (Å²) < 4.78 is 0. The molecule has 0 aliphatic rings. The first-order chi connectivity index (χ1) is 6.20. The molecule has 0 aromatic carbocycles. The molecule has 0 rings (SSSR count). The Hall–Kier alpha value is -0.790. The Kier molecular flexibility index (Phi) is 7.36. The number of hydrogen-bond acceptors (Lipinski definition) is 1. The average Bonchev–Trinajstić information content (AvgIpc) is 2.04. The van der Waals surface area contributed by atoms with Crippen molar-refractivity contribution in [2.75, 3.05) is 0 Å². The van der Waals surface area contributed by atoms with Gasteiger partial charge in [0.2, 0.25) is 0 Å². The molecule has 0 radical (unpaired) electrons. The van der Waals surface area contributed by atoms with E-state index in [0.717, 1.165) is 32.1 Å². The van der Waals surface area contributed by atoms with E-state index in [2.05, 4.69) is 19.9 Å². The Balaban J connectivity index is 3.69. The summed E-state index contributed by atoms with van der Waals surface area (Å²) in [6, 6.07) is 0. The maximum Gasteiger partial charge on any atom is 0.303 e. The smallest absolute Gasteiger partial charge is 0.303 e. The first-order valence-corrected chi connectivity index (χ1v) is 5.10. The number of carbonyl (C=O) groups is 1. The molecule has 2 heteroatoms. The largest absolute Gasteiger partial charge is 0.481 e. The van der Waals surface area contributed by atoms with Crippen LogP contribution in [0, 0.1) is 0 Å². The molecule has 0 aromatic rings. The monoisotopic (exact) mass is 184 g/mol. The van der Waals surface area contributed by atoms with Crippen LogP contribution in [0.5, 0.6) is 0 Å². The fraction of sp³-hybridized carbons (Fsp3) is 0.727. The lowest BCUT2D eigenvalue weighted by Crippen LogP contribution is -1.94. The van der Waals surface area contributed by atoms with Crippen molar-refractivity contribution < 1.29 is 9.90 Å². The molecule has 0 aliphatic carbocycles. The van der Waals surface area contributed by atoms with Gasteiger partial charge in [0.15, 0.2) is 0 Å². The van der Waals surface area contributed by atoms with Crippen molar-refractivity contribution in [3.8, 4) is 0 Å². The summed E-state index contributed by atoms with van der Waals surface area (Å²) in [5.41, 5.74) is 1.42. The third-order valence-corrected chi connectivity index (χ3v) is 1.95. The van der Waals surface area contributed by atoms with Crippen molar-refractivity contribution >= 4 is 5.97 Å². The highest BCUT2D eigenvalue weighted by Crippen LogP contribution is 2.14. The van der Waals surface area contributed by atoms with Crippen molar-refractivity contribution in [1.82, 2.24) is 0 Å². The number of carboxylic acids is 1. The van der Waals surface area contributed by atoms with Crippen LogP contribution in [0.4, 0.5) is 0 Å². The van der Waals surface area contributed by atoms with Crippen LogP contribution in [-0.2, 0) is 4.79 Å². The van der Waals surface area contributed by atoms with Gasteiger partial charge in [-0.2, -0.15) is 0 Å². The fourth-order valence-corrected chi connectivity index (χ4v) is 1.41. The van der Waals surface area contributed by atoms with Gasteiger partial charge in [-0.05, 0) is 25.7 Å². The van der Waals surface area contributed by atoms with E-state index < -0.39 is 5.97 Å². The third kappa shape index (κ3) is 7.57. The fourth-order valence-electron chi connectivity index (χ4n) is 1.41. The van der Waals surface area contributed by atoms with Crippen LogP contribution in [0.2, 0.25) is 0 Å². The molecule has 0 atom stereocenters. The topological polar surface area (TPSA) is 37.3 Å². The van der Waals surface area contributed by atoms with E-state index in [0.29, 0.717) is 6.42 Å². The number of aliphatic carboxylic acids is 1. The minimum absolute atomic E-state index is 0.296. The van der Waals surface area contributed by atoms with Crippen molar-refractivity contribution in [2.45, 2.75) is 52.4 Å². The van der Waals surface area contributed by atoms with Gasteiger partial charge in [-0.3, -0.25) is 4.79 Å². The first kappa shape index (κ1) is 12.2. The van der Waals surface area contributed by atoms with Gasteiger partial charge in [0.25, 0.3) is 0 Å². The average molecular weight is 184 g/mol. The second-order valence-electron chi connectivity index (χ2n) is 3.27. The number of allylic oxidation sites excluding steroid dienone is 2. The SMILES string of the molecule is CCC=C(CCC)CCCC(=O)O. The lowest BCUT2D eigenvalue weighted by molar-refractivity contribution is -0.137. The highest BCUT2D eigenvalue weighted by atomic mass is 16.4. The molecule has 76 valence electrons. The maximum absolute atomic E-state index is 10.3. The zero-order valence-corrected chi connectivity index (χ0v) is 8.68. The van der Waals surface area contributed by atoms with Crippen LogP contribution in [0.25, 0.3) is 0 Å². The maximum atomic E-state index is 10.3. The Labute approximate surface area is 80.7 Å². The third-order valence-electron chi connectivity index (χ3n) is 1.95. The van der Waals surface area contributed by atoms with Crippen molar-refractivity contribution in [2.24, 2.45) is 0 Å². The summed E-state index contributed by atoms with van der Waals surface area (Å²) in [6.45, 7) is 4.27. The minimum atomic E-state index is -0.688. The van der Waals surface area contributed by atoms with E-state index in [9.17, 15) is 4.79 Å². The zero-order chi connectivity index (χ0) is 10.1. The van der Waals surface area contributed by atoms with Crippen LogP contribution in [0.15, 0.2) is 11.6 Å². The summed E-state index contributed by atoms with van der Waals surface area (Å²) in [4.78, 5) is 10.3. The van der Waals surface area contributed by atoms with Gasteiger partial charge >= 0.3 is 5.97 Å².